The van der Waals surface area contributed by atoms with Crippen LogP contribution in [0.25, 0.3) is 0 Å². The number of anilines is 2. The van der Waals surface area contributed by atoms with E-state index in [2.05, 4.69) is 10.3 Å². The molecule has 0 aliphatic heterocycles. The molecule has 108 valence electrons. The first-order valence-corrected chi connectivity index (χ1v) is 5.51. The van der Waals surface area contributed by atoms with Crippen LogP contribution >= 0.6 is 0 Å². The number of hydrogen-bond donors (Lipinski definition) is 1. The highest BCUT2D eigenvalue weighted by atomic mass is 19.4. The minimum Gasteiger partial charge on any atom is -0.339 e. The van der Waals surface area contributed by atoms with Crippen LogP contribution in [-0.2, 0) is 6.18 Å². The smallest absolute Gasteiger partial charge is 0.339 e. The lowest BCUT2D eigenvalue weighted by atomic mass is 10.2. The molecule has 21 heavy (non-hydrogen) atoms. The largest absolute Gasteiger partial charge is 0.433 e. The van der Waals surface area contributed by atoms with Gasteiger partial charge in [0, 0.05) is 11.8 Å². The van der Waals surface area contributed by atoms with Gasteiger partial charge in [-0.1, -0.05) is 0 Å². The maximum atomic E-state index is 13.1. The van der Waals surface area contributed by atoms with Crippen LogP contribution in [0.2, 0.25) is 0 Å². The summed E-state index contributed by atoms with van der Waals surface area (Å²) in [4.78, 5) is 3.29. The highest BCUT2D eigenvalue weighted by molar-refractivity contribution is 5.62. The van der Waals surface area contributed by atoms with Crippen LogP contribution in [0, 0.1) is 23.0 Å². The van der Waals surface area contributed by atoms with Gasteiger partial charge in [-0.05, 0) is 24.3 Å². The number of hydrogen-bond acceptors (Lipinski definition) is 3. The first-order chi connectivity index (χ1) is 9.81. The lowest BCUT2D eigenvalue weighted by Crippen LogP contribution is -2.10. The fourth-order valence-corrected chi connectivity index (χ4v) is 1.51. The molecule has 0 radical (unpaired) electrons. The Morgan fingerprint density at radius 3 is 2.33 bits per heavy atom. The van der Waals surface area contributed by atoms with Crippen LogP contribution in [0.15, 0.2) is 30.3 Å². The monoisotopic (exact) mass is 299 g/mol. The summed E-state index contributed by atoms with van der Waals surface area (Å²) in [6.45, 7) is 0. The molecule has 0 unspecified atom stereocenters. The van der Waals surface area contributed by atoms with E-state index >= 15 is 0 Å². The number of pyridine rings is 1. The van der Waals surface area contributed by atoms with E-state index in [9.17, 15) is 22.0 Å². The zero-order valence-electron chi connectivity index (χ0n) is 10.2. The Bertz CT molecular complexity index is 719. The second-order valence-electron chi connectivity index (χ2n) is 3.96. The van der Waals surface area contributed by atoms with Crippen molar-refractivity contribution >= 4 is 11.5 Å². The molecule has 1 heterocycles. The number of halogens is 5. The van der Waals surface area contributed by atoms with Crippen molar-refractivity contribution in [2.24, 2.45) is 0 Å². The number of nitrogens with one attached hydrogen (secondary N) is 1. The number of alkyl halides is 3. The normalized spacial score (nSPS) is 11.0. The highest BCUT2D eigenvalue weighted by Gasteiger charge is 2.33. The number of aromatic nitrogens is 1. The van der Waals surface area contributed by atoms with Crippen LogP contribution < -0.4 is 5.32 Å². The molecule has 2 rings (SSSR count). The van der Waals surface area contributed by atoms with Crippen molar-refractivity contribution in [2.75, 3.05) is 5.32 Å². The lowest BCUT2D eigenvalue weighted by Gasteiger charge is -2.11. The van der Waals surface area contributed by atoms with Gasteiger partial charge < -0.3 is 5.32 Å². The van der Waals surface area contributed by atoms with Crippen molar-refractivity contribution < 1.29 is 22.0 Å². The fourth-order valence-electron chi connectivity index (χ4n) is 1.51. The number of nitrogens with zero attached hydrogens (tertiary/aromatic N) is 2. The fraction of sp³-hybridized carbons (Fsp3) is 0.0769. The Balaban J connectivity index is 2.42. The summed E-state index contributed by atoms with van der Waals surface area (Å²) in [5, 5.41) is 11.2. The molecular weight excluding hydrogens is 293 g/mol. The average molecular weight is 299 g/mol. The van der Waals surface area contributed by atoms with Crippen LogP contribution in [0.1, 0.15) is 11.3 Å². The van der Waals surface area contributed by atoms with Crippen LogP contribution in [0.4, 0.5) is 33.5 Å². The van der Waals surface area contributed by atoms with Gasteiger partial charge in [0.1, 0.15) is 17.6 Å². The zero-order valence-corrected chi connectivity index (χ0v) is 10.2. The summed E-state index contributed by atoms with van der Waals surface area (Å²) < 4.78 is 63.6. The van der Waals surface area contributed by atoms with E-state index in [-0.39, 0.29) is 11.3 Å². The van der Waals surface area contributed by atoms with Crippen molar-refractivity contribution in [1.29, 1.82) is 5.26 Å². The quantitative estimate of drug-likeness (QED) is 0.853. The van der Waals surface area contributed by atoms with Gasteiger partial charge in [0.05, 0.1) is 5.56 Å². The molecule has 0 aliphatic rings. The molecule has 0 fully saturated rings. The maximum Gasteiger partial charge on any atom is 0.433 e. The zero-order chi connectivity index (χ0) is 15.6. The summed E-state index contributed by atoms with van der Waals surface area (Å²) in [7, 11) is 0. The van der Waals surface area contributed by atoms with Gasteiger partial charge in [0.2, 0.25) is 0 Å². The first-order valence-electron chi connectivity index (χ1n) is 5.51. The van der Waals surface area contributed by atoms with Gasteiger partial charge >= 0.3 is 6.18 Å². The van der Waals surface area contributed by atoms with Gasteiger partial charge in [0.25, 0.3) is 0 Å². The highest BCUT2D eigenvalue weighted by Crippen LogP contribution is 2.30. The van der Waals surface area contributed by atoms with Crippen molar-refractivity contribution in [1.82, 2.24) is 4.98 Å². The van der Waals surface area contributed by atoms with E-state index in [0.29, 0.717) is 6.07 Å². The molecule has 0 saturated carbocycles. The standard InChI is InChI=1S/C13H6F5N3/c14-9-3-2-8(5-10(9)15)20-12-7(6-19)1-4-11(21-12)13(16,17)18/h1-5H,(H,20,21). The van der Waals surface area contributed by atoms with E-state index in [0.717, 1.165) is 24.3 Å². The van der Waals surface area contributed by atoms with Gasteiger partial charge in [-0.25, -0.2) is 13.8 Å². The molecule has 2 aromatic rings. The van der Waals surface area contributed by atoms with Crippen molar-refractivity contribution in [3.8, 4) is 6.07 Å². The van der Waals surface area contributed by atoms with Crippen molar-refractivity contribution in [3.05, 3.63) is 53.2 Å². The summed E-state index contributed by atoms with van der Waals surface area (Å²) >= 11 is 0. The predicted molar refractivity (Wildman–Crippen MR) is 63.6 cm³/mol. The molecule has 0 bridgehead atoms. The molecule has 0 spiro atoms. The van der Waals surface area contributed by atoms with Crippen molar-refractivity contribution in [2.45, 2.75) is 6.18 Å². The molecule has 1 aromatic heterocycles. The molecule has 8 heteroatoms. The topological polar surface area (TPSA) is 48.7 Å². The summed E-state index contributed by atoms with van der Waals surface area (Å²) in [5.41, 5.74) is -1.39. The lowest BCUT2D eigenvalue weighted by molar-refractivity contribution is -0.141. The van der Waals surface area contributed by atoms with Crippen LogP contribution in [0.3, 0.4) is 0 Å². The van der Waals surface area contributed by atoms with Crippen molar-refractivity contribution in [3.63, 3.8) is 0 Å². The minimum atomic E-state index is -4.68. The average Bonchev–Trinajstić information content (AvgIpc) is 2.42. The summed E-state index contributed by atoms with van der Waals surface area (Å²) in [6.07, 6.45) is -4.68. The third-order valence-corrected chi connectivity index (χ3v) is 2.49. The maximum absolute atomic E-state index is 13.1. The Morgan fingerprint density at radius 1 is 1.05 bits per heavy atom. The Morgan fingerprint density at radius 2 is 1.76 bits per heavy atom. The van der Waals surface area contributed by atoms with E-state index < -0.39 is 29.3 Å². The first kappa shape index (κ1) is 14.7. The van der Waals surface area contributed by atoms with Crippen LogP contribution in [0.5, 0.6) is 0 Å². The second kappa shape index (κ2) is 5.36. The van der Waals surface area contributed by atoms with E-state index in [1.54, 1.807) is 6.07 Å². The Labute approximate surface area is 115 Å². The SMILES string of the molecule is N#Cc1ccc(C(F)(F)F)nc1Nc1ccc(F)c(F)c1. The van der Waals surface area contributed by atoms with Gasteiger partial charge in [-0.15, -0.1) is 0 Å². The molecule has 0 atom stereocenters. The van der Waals surface area contributed by atoms with E-state index in [1.807, 2.05) is 0 Å². The molecule has 1 aromatic carbocycles. The Hall–Kier alpha value is -2.69. The Kier molecular flexibility index (Phi) is 3.76. The summed E-state index contributed by atoms with van der Waals surface area (Å²) in [5.74, 6) is -2.66. The van der Waals surface area contributed by atoms with Gasteiger partial charge in [0.15, 0.2) is 11.6 Å². The van der Waals surface area contributed by atoms with Gasteiger partial charge in [-0.2, -0.15) is 18.4 Å². The third kappa shape index (κ3) is 3.25. The van der Waals surface area contributed by atoms with E-state index in [4.69, 9.17) is 5.26 Å². The van der Waals surface area contributed by atoms with Gasteiger partial charge in [-0.3, -0.25) is 0 Å². The molecule has 3 nitrogen and oxygen atoms in total. The van der Waals surface area contributed by atoms with E-state index in [1.165, 1.54) is 0 Å². The minimum absolute atomic E-state index is 0.0303. The molecule has 0 saturated heterocycles. The second-order valence-corrected chi connectivity index (χ2v) is 3.96. The predicted octanol–water partition coefficient (Wildman–Crippen LogP) is 3.99. The molecule has 1 N–H and O–H groups in total. The number of nitriles is 1. The molecular formula is C13H6F5N3. The molecule has 0 amide bonds. The number of rotatable bonds is 2. The number of benzene rings is 1. The van der Waals surface area contributed by atoms with Crippen LogP contribution in [-0.4, -0.2) is 4.98 Å². The third-order valence-electron chi connectivity index (χ3n) is 2.49. The molecule has 0 aliphatic carbocycles. The summed E-state index contributed by atoms with van der Waals surface area (Å²) in [6, 6.07) is 5.93.